The van der Waals surface area contributed by atoms with Gasteiger partial charge >= 0.3 is 11.9 Å². The minimum absolute atomic E-state index is 0.0376. The summed E-state index contributed by atoms with van der Waals surface area (Å²) in [6.07, 6.45) is -3.73. The van der Waals surface area contributed by atoms with E-state index in [1.165, 1.54) is 31.2 Å². The summed E-state index contributed by atoms with van der Waals surface area (Å²) in [4.78, 5) is 117. The number of aliphatic hydroxyl groups is 2. The van der Waals surface area contributed by atoms with Gasteiger partial charge in [0.25, 0.3) is 0 Å². The second kappa shape index (κ2) is 24.9. The number of amides is 7. The van der Waals surface area contributed by atoms with Crippen LogP contribution in [0.15, 0.2) is 29.3 Å². The lowest BCUT2D eigenvalue weighted by molar-refractivity contribution is -0.143. The number of phenols is 1. The first kappa shape index (κ1) is 50.4. The van der Waals surface area contributed by atoms with Crippen LogP contribution in [0.1, 0.15) is 51.5 Å². The third-order valence-electron chi connectivity index (χ3n) is 8.24. The first-order chi connectivity index (χ1) is 27.5. The molecule has 0 bridgehead atoms. The van der Waals surface area contributed by atoms with Crippen LogP contribution in [0.25, 0.3) is 0 Å². The predicted octanol–water partition coefficient (Wildman–Crippen LogP) is -6.56. The first-order valence-corrected chi connectivity index (χ1v) is 18.0. The topological polar surface area (TPSA) is 443 Å². The Morgan fingerprint density at radius 3 is 1.75 bits per heavy atom. The number of benzene rings is 1. The van der Waals surface area contributed by atoms with E-state index in [-0.39, 0.29) is 37.5 Å². The Kier molecular flexibility index (Phi) is 21.3. The van der Waals surface area contributed by atoms with Crippen LogP contribution in [0.5, 0.6) is 5.75 Å². The highest BCUT2D eigenvalue weighted by molar-refractivity contribution is 5.97. The maximum atomic E-state index is 13.9. The number of carbonyl (C=O) groups is 9. The van der Waals surface area contributed by atoms with Gasteiger partial charge in [-0.3, -0.25) is 43.3 Å². The van der Waals surface area contributed by atoms with Crippen molar-refractivity contribution in [2.75, 3.05) is 13.2 Å². The van der Waals surface area contributed by atoms with Crippen LogP contribution in [0, 0.1) is 0 Å². The van der Waals surface area contributed by atoms with Crippen LogP contribution < -0.4 is 54.8 Å². The number of hydrogen-bond acceptors (Lipinski definition) is 14. The monoisotopic (exact) mass is 839 g/mol. The minimum Gasteiger partial charge on any atom is -0.508 e. The van der Waals surface area contributed by atoms with Gasteiger partial charge in [0.05, 0.1) is 25.2 Å². The maximum Gasteiger partial charge on any atom is 0.328 e. The third kappa shape index (κ3) is 18.9. The number of rotatable bonds is 26. The zero-order chi connectivity index (χ0) is 45.0. The summed E-state index contributed by atoms with van der Waals surface area (Å²) >= 11 is 0. The van der Waals surface area contributed by atoms with Crippen molar-refractivity contribution in [3.05, 3.63) is 29.8 Å². The van der Waals surface area contributed by atoms with E-state index >= 15 is 0 Å². The quantitative estimate of drug-likeness (QED) is 0.0234. The molecule has 0 aliphatic rings. The molecular weight excluding hydrogens is 786 g/mol. The highest BCUT2D eigenvalue weighted by atomic mass is 16.4. The Balaban J connectivity index is 3.49. The van der Waals surface area contributed by atoms with Gasteiger partial charge in [0.1, 0.15) is 42.0 Å². The molecule has 25 nitrogen and oxygen atoms in total. The third-order valence-corrected chi connectivity index (χ3v) is 8.24. The molecule has 0 aliphatic carbocycles. The number of aliphatic imine (C=N–C) groups is 1. The molecule has 59 heavy (non-hydrogen) atoms. The number of hydrogen-bond donors (Lipinski definition) is 15. The molecular formula is C34H53N11O14. The summed E-state index contributed by atoms with van der Waals surface area (Å²) in [6, 6.07) is -5.78. The lowest BCUT2D eigenvalue weighted by Gasteiger charge is -2.28. The second-order valence-corrected chi connectivity index (χ2v) is 13.3. The molecule has 8 atom stereocenters. The Labute approximate surface area is 337 Å². The zero-order valence-electron chi connectivity index (χ0n) is 32.3. The summed E-state index contributed by atoms with van der Waals surface area (Å²) in [6.45, 7) is 1.29. The molecule has 0 spiro atoms. The van der Waals surface area contributed by atoms with Gasteiger partial charge in [-0.1, -0.05) is 12.1 Å². The van der Waals surface area contributed by atoms with Crippen molar-refractivity contribution in [2.24, 2.45) is 27.9 Å². The van der Waals surface area contributed by atoms with E-state index in [4.69, 9.17) is 33.1 Å². The number of nitrogens with zero attached hydrogens (tertiary/aromatic N) is 1. The van der Waals surface area contributed by atoms with Crippen molar-refractivity contribution in [3.63, 3.8) is 0 Å². The van der Waals surface area contributed by atoms with E-state index in [1.807, 2.05) is 5.32 Å². The number of phenolic OH excluding ortho intramolecular Hbond substituents is 1. The summed E-state index contributed by atoms with van der Waals surface area (Å²) in [5, 5.41) is 61.1. The standard InChI is InChI=1S/C34H53N11O14/c1-15(27(52)44-23(14-46)33(58)59)40-29(54)21(9-10-24(36)49)41-31(56)22(12-17-5-7-18(48)8-6-17)43-30(55)20(4-3-11-39-34(37)38)42-32(57)26(16(2)47)45-28(53)19(35)13-25(50)51/h5-8,15-16,19-23,26,46-48H,3-4,9-14,35H2,1-2H3,(H2,36,49)(H,40,54)(H,41,56)(H,42,57)(H,43,55)(H,44,52)(H,45,53)(H,50,51)(H,58,59)(H4,37,38,39)/t15-,16+,19-,20-,21-,22-,23-,26-/m0/s1. The lowest BCUT2D eigenvalue weighted by Crippen LogP contribution is -2.61. The van der Waals surface area contributed by atoms with E-state index in [9.17, 15) is 58.5 Å². The van der Waals surface area contributed by atoms with Crippen LogP contribution in [0.3, 0.4) is 0 Å². The van der Waals surface area contributed by atoms with Gasteiger partial charge in [-0.15, -0.1) is 0 Å². The van der Waals surface area contributed by atoms with Gasteiger partial charge in [-0.25, -0.2) is 4.79 Å². The first-order valence-electron chi connectivity index (χ1n) is 18.0. The summed E-state index contributed by atoms with van der Waals surface area (Å²) in [7, 11) is 0. The predicted molar refractivity (Wildman–Crippen MR) is 204 cm³/mol. The average Bonchev–Trinajstić information content (AvgIpc) is 3.14. The number of aliphatic carboxylic acids is 2. The Hall–Kier alpha value is -6.60. The molecule has 0 saturated carbocycles. The number of carbonyl (C=O) groups excluding carboxylic acids is 7. The molecule has 1 aromatic carbocycles. The van der Waals surface area contributed by atoms with E-state index in [0.29, 0.717) is 5.56 Å². The number of aliphatic hydroxyl groups excluding tert-OH is 2. The largest absolute Gasteiger partial charge is 0.508 e. The molecule has 19 N–H and O–H groups in total. The molecule has 0 unspecified atom stereocenters. The highest BCUT2D eigenvalue weighted by Gasteiger charge is 2.34. The average molecular weight is 840 g/mol. The van der Waals surface area contributed by atoms with Crippen molar-refractivity contribution in [3.8, 4) is 5.75 Å². The fraction of sp³-hybridized carbons (Fsp3) is 0.529. The molecule has 7 amide bonds. The number of nitrogens with one attached hydrogen (secondary N) is 6. The van der Waals surface area contributed by atoms with Crippen molar-refractivity contribution < 1.29 is 68.7 Å². The van der Waals surface area contributed by atoms with Gasteiger partial charge in [-0.2, -0.15) is 0 Å². The number of aromatic hydroxyl groups is 1. The number of nitrogens with two attached hydrogens (primary N) is 4. The zero-order valence-corrected chi connectivity index (χ0v) is 32.3. The molecule has 1 rings (SSSR count). The molecule has 328 valence electrons. The van der Waals surface area contributed by atoms with Crippen LogP contribution >= 0.6 is 0 Å². The van der Waals surface area contributed by atoms with E-state index < -0.39 is 128 Å². The van der Waals surface area contributed by atoms with Crippen LogP contribution in [-0.4, -0.2) is 146 Å². The van der Waals surface area contributed by atoms with Gasteiger partial charge < -0.3 is 80.4 Å². The van der Waals surface area contributed by atoms with Crippen molar-refractivity contribution in [2.45, 2.75) is 101 Å². The molecule has 0 fully saturated rings. The number of guanidine groups is 1. The molecule has 0 radical (unpaired) electrons. The normalized spacial score (nSPS) is 14.9. The molecule has 0 saturated heterocycles. The molecule has 0 heterocycles. The van der Waals surface area contributed by atoms with Gasteiger partial charge in [-0.05, 0) is 50.8 Å². The second-order valence-electron chi connectivity index (χ2n) is 13.3. The van der Waals surface area contributed by atoms with E-state index in [0.717, 1.165) is 6.92 Å². The van der Waals surface area contributed by atoms with Crippen LogP contribution in [-0.2, 0) is 49.6 Å². The molecule has 0 aromatic heterocycles. The highest BCUT2D eigenvalue weighted by Crippen LogP contribution is 2.13. The number of primary amides is 1. The van der Waals surface area contributed by atoms with Crippen molar-refractivity contribution in [1.82, 2.24) is 31.9 Å². The molecule has 0 aliphatic heterocycles. The Morgan fingerprint density at radius 1 is 0.695 bits per heavy atom. The fourth-order valence-electron chi connectivity index (χ4n) is 5.02. The SMILES string of the molecule is C[C@H](NC(=O)[C@H](CCC(N)=O)NC(=O)[C@H](Cc1ccc(O)cc1)NC(=O)[C@H](CCCN=C(N)N)NC(=O)[C@@H](NC(=O)[C@@H](N)CC(=O)O)[C@@H](C)O)C(=O)N[C@@H](CO)C(=O)O. The van der Waals surface area contributed by atoms with E-state index in [2.05, 4.69) is 31.6 Å². The number of carboxylic acids is 2. The smallest absolute Gasteiger partial charge is 0.328 e. The Bertz CT molecular complexity index is 1690. The van der Waals surface area contributed by atoms with Crippen LogP contribution in [0.4, 0.5) is 0 Å². The molecule has 1 aromatic rings. The van der Waals surface area contributed by atoms with Gasteiger partial charge in [0.15, 0.2) is 5.96 Å². The van der Waals surface area contributed by atoms with Crippen molar-refractivity contribution >= 4 is 59.2 Å². The summed E-state index contributed by atoms with van der Waals surface area (Å²) < 4.78 is 0. The van der Waals surface area contributed by atoms with E-state index in [1.54, 1.807) is 0 Å². The van der Waals surface area contributed by atoms with Gasteiger partial charge in [0, 0.05) is 19.4 Å². The minimum atomic E-state index is -1.75. The van der Waals surface area contributed by atoms with Gasteiger partial charge in [0.2, 0.25) is 41.4 Å². The Morgan fingerprint density at radius 2 is 1.22 bits per heavy atom. The fourth-order valence-corrected chi connectivity index (χ4v) is 5.02. The summed E-state index contributed by atoms with van der Waals surface area (Å²) in [5.41, 5.74) is 22.0. The summed E-state index contributed by atoms with van der Waals surface area (Å²) in [5.74, 6) is -10.6. The maximum absolute atomic E-state index is 13.9. The van der Waals surface area contributed by atoms with Crippen LogP contribution in [0.2, 0.25) is 0 Å². The lowest BCUT2D eigenvalue weighted by atomic mass is 10.0. The van der Waals surface area contributed by atoms with Crippen molar-refractivity contribution in [1.29, 1.82) is 0 Å². The molecule has 25 heteroatoms. The number of carboxylic acid groups (broad SMARTS) is 2.